The zero-order chi connectivity index (χ0) is 53.7. The van der Waals surface area contributed by atoms with Gasteiger partial charge < -0.3 is 14.5 Å². The molecule has 4 aromatic carbocycles. The molecular weight excluding hydrogens is 1030 g/mol. The molecule has 398 valence electrons. The average molecular weight is 1100 g/mol. The quantitative estimate of drug-likeness (QED) is 0.0285. The van der Waals surface area contributed by atoms with Crippen molar-refractivity contribution < 1.29 is 67.6 Å². The van der Waals surface area contributed by atoms with Gasteiger partial charge in [0, 0.05) is 62.7 Å². The molecule has 3 aliphatic heterocycles. The molecule has 22 heteroatoms. The number of anilines is 2. The third-order valence-corrected chi connectivity index (χ3v) is 18.8. The topological polar surface area (TPSA) is 241 Å². The molecule has 1 saturated heterocycles. The van der Waals surface area contributed by atoms with Gasteiger partial charge in [0.25, 0.3) is 30.4 Å². The Kier molecular flexibility index (Phi) is 15.7. The van der Waals surface area contributed by atoms with Gasteiger partial charge in [0.05, 0.1) is 47.1 Å². The maximum absolute atomic E-state index is 12.9. The molecule has 0 bridgehead atoms. The Morgan fingerprint density at radius 1 is 0.716 bits per heavy atom. The molecule has 1 aliphatic carbocycles. The number of hydrogen-bond acceptors (Lipinski definition) is 14. The number of carbonyl (C=O) groups excluding carboxylic acids is 1. The SMILES string of the molecule is CCOC(=O)N1CC[N+](=C2/C(=C/C=C3/N(CCC(C)S(=O)(=O)O)c4ccc5cc(SOOO)ccc5c4C3(C)C)CC/C2=C\C=C2\N(CCC(C)S(=O)(=O)O)c3ccc4cc(S(=O)(=O)O)ccc4c3C2(C)C)CC1. The molecule has 2 unspecified atom stereocenters. The van der Waals surface area contributed by atoms with Gasteiger partial charge in [-0.3, -0.25) is 18.6 Å². The van der Waals surface area contributed by atoms with E-state index in [9.17, 15) is 43.7 Å². The highest BCUT2D eigenvalue weighted by atomic mass is 32.2. The van der Waals surface area contributed by atoms with Crippen LogP contribution in [0.4, 0.5) is 16.2 Å². The molecule has 8 rings (SSSR count). The predicted molar refractivity (Wildman–Crippen MR) is 286 cm³/mol. The number of ether oxygens (including phenoxy) is 1. The molecule has 3 heterocycles. The van der Waals surface area contributed by atoms with Gasteiger partial charge in [0.15, 0.2) is 13.1 Å². The Hall–Kier alpha value is -5.14. The van der Waals surface area contributed by atoms with E-state index in [1.165, 1.54) is 26.0 Å². The maximum atomic E-state index is 12.9. The Balaban J connectivity index is 1.25. The van der Waals surface area contributed by atoms with E-state index in [0.29, 0.717) is 49.3 Å². The largest absolute Gasteiger partial charge is 0.450 e. The second-order valence-corrected chi connectivity index (χ2v) is 26.0. The monoisotopic (exact) mass is 1100 g/mol. The molecule has 0 aromatic heterocycles. The molecule has 2 atom stereocenters. The van der Waals surface area contributed by atoms with Crippen molar-refractivity contribution in [3.05, 3.63) is 119 Å². The van der Waals surface area contributed by atoms with Gasteiger partial charge in [-0.1, -0.05) is 69.2 Å². The standard InChI is InChI=1S/C52H62N4O14S4/c1-8-68-50(57)54-29-27-53(28-30-54)49-35(13-21-45-51(4,5)47-41-17-15-39(71-70-69-58)31-37(41)11-19-43(47)55(45)25-23-33(2)72(59,60)61)9-10-36(49)14-22-46-52(6,7)48-42-18-16-40(74(65,66)67)32-38(42)12-20-44(48)56(46)26-24-34(3)73(62,63)64/h11-22,31-34H,8-10,23-30H2,1-7H3,(H3-,58,59,60,61,62,63,64,65,66,67)/p+1. The number of hydrogen-bond donors (Lipinski definition) is 4. The van der Waals surface area contributed by atoms with Crippen LogP contribution in [0.2, 0.25) is 0 Å². The third-order valence-electron chi connectivity index (χ3n) is 14.9. The fraction of sp³-hybridized carbons (Fsp3) is 0.423. The van der Waals surface area contributed by atoms with Crippen LogP contribution in [0.25, 0.3) is 21.5 Å². The highest BCUT2D eigenvalue weighted by Crippen LogP contribution is 2.53. The first kappa shape index (κ1) is 55.1. The van der Waals surface area contributed by atoms with E-state index in [1.807, 2.05) is 36.4 Å². The summed E-state index contributed by atoms with van der Waals surface area (Å²) in [5.74, 6) is 0. The Morgan fingerprint density at radius 2 is 1.20 bits per heavy atom. The van der Waals surface area contributed by atoms with Crippen molar-refractivity contribution in [2.75, 3.05) is 55.7 Å². The highest BCUT2D eigenvalue weighted by Gasteiger charge is 2.44. The minimum absolute atomic E-state index is 0.0997. The van der Waals surface area contributed by atoms with Crippen molar-refractivity contribution in [2.45, 2.75) is 105 Å². The molecule has 4 aliphatic rings. The minimum Gasteiger partial charge on any atom is -0.450 e. The van der Waals surface area contributed by atoms with Crippen molar-refractivity contribution in [1.29, 1.82) is 0 Å². The summed E-state index contributed by atoms with van der Waals surface area (Å²) in [6, 6.07) is 17.8. The highest BCUT2D eigenvalue weighted by molar-refractivity contribution is 7.94. The van der Waals surface area contributed by atoms with E-state index in [2.05, 4.69) is 71.4 Å². The van der Waals surface area contributed by atoms with Crippen LogP contribution >= 0.6 is 12.0 Å². The van der Waals surface area contributed by atoms with Crippen LogP contribution in [-0.4, -0.2) is 122 Å². The van der Waals surface area contributed by atoms with Gasteiger partial charge in [-0.15, -0.1) is 4.33 Å². The first-order chi connectivity index (χ1) is 34.8. The third kappa shape index (κ3) is 10.9. The first-order valence-electron chi connectivity index (χ1n) is 24.4. The number of benzene rings is 4. The number of rotatable bonds is 15. The lowest BCUT2D eigenvalue weighted by atomic mass is 9.81. The van der Waals surface area contributed by atoms with Crippen molar-refractivity contribution in [3.8, 4) is 0 Å². The molecule has 74 heavy (non-hydrogen) atoms. The van der Waals surface area contributed by atoms with Gasteiger partial charge in [0.1, 0.15) is 0 Å². The second-order valence-electron chi connectivity index (χ2n) is 20.2. The van der Waals surface area contributed by atoms with Crippen molar-refractivity contribution in [3.63, 3.8) is 0 Å². The number of amides is 1. The first-order valence-corrected chi connectivity index (χ1v) is 29.6. The zero-order valence-corrected chi connectivity index (χ0v) is 45.6. The normalized spacial score (nSPS) is 20.9. The molecule has 0 radical (unpaired) electrons. The molecule has 2 fully saturated rings. The molecule has 4 aromatic rings. The summed E-state index contributed by atoms with van der Waals surface area (Å²) in [5.41, 5.74) is 7.07. The van der Waals surface area contributed by atoms with Crippen LogP contribution in [0.15, 0.2) is 117 Å². The summed E-state index contributed by atoms with van der Waals surface area (Å²) in [6.07, 6.45) is 9.54. The summed E-state index contributed by atoms with van der Waals surface area (Å²) < 4.78 is 116. The number of piperazine rings is 1. The summed E-state index contributed by atoms with van der Waals surface area (Å²) in [4.78, 5) is 19.2. The van der Waals surface area contributed by atoms with Gasteiger partial charge in [0.2, 0.25) is 5.71 Å². The lowest BCUT2D eigenvalue weighted by molar-refractivity contribution is -0.537. The molecule has 4 N–H and O–H groups in total. The van der Waals surface area contributed by atoms with E-state index in [1.54, 1.807) is 24.0 Å². The predicted octanol–water partition coefficient (Wildman–Crippen LogP) is 9.24. The van der Waals surface area contributed by atoms with E-state index < -0.39 is 51.7 Å². The van der Waals surface area contributed by atoms with Crippen LogP contribution in [0.1, 0.15) is 85.3 Å². The van der Waals surface area contributed by atoms with Gasteiger partial charge >= 0.3 is 6.09 Å². The lowest BCUT2D eigenvalue weighted by Crippen LogP contribution is -2.47. The zero-order valence-electron chi connectivity index (χ0n) is 42.3. The molecule has 1 amide bonds. The van der Waals surface area contributed by atoms with Gasteiger partial charge in [-0.2, -0.15) is 25.3 Å². The van der Waals surface area contributed by atoms with E-state index in [0.717, 1.165) is 79.0 Å². The van der Waals surface area contributed by atoms with Gasteiger partial charge in [-0.05, 0) is 128 Å². The smallest absolute Gasteiger partial charge is 0.410 e. The lowest BCUT2D eigenvalue weighted by Gasteiger charge is -2.28. The van der Waals surface area contributed by atoms with Crippen molar-refractivity contribution >= 4 is 87.1 Å². The molecule has 0 spiro atoms. The van der Waals surface area contributed by atoms with Crippen LogP contribution in [0.5, 0.6) is 0 Å². The van der Waals surface area contributed by atoms with Crippen LogP contribution in [0, 0.1) is 0 Å². The van der Waals surface area contributed by atoms with Crippen molar-refractivity contribution in [2.24, 2.45) is 0 Å². The molecule has 1 saturated carbocycles. The van der Waals surface area contributed by atoms with Crippen molar-refractivity contribution in [1.82, 2.24) is 4.90 Å². The summed E-state index contributed by atoms with van der Waals surface area (Å²) in [5, 5.41) is 13.7. The van der Waals surface area contributed by atoms with E-state index >= 15 is 0 Å². The molecule has 18 nitrogen and oxygen atoms in total. The fourth-order valence-electron chi connectivity index (χ4n) is 10.9. The number of nitrogens with zero attached hydrogens (tertiary/aromatic N) is 4. The van der Waals surface area contributed by atoms with Crippen LogP contribution in [-0.2, 0) is 55.3 Å². The number of allylic oxidation sites excluding steroid dienone is 8. The van der Waals surface area contributed by atoms with Gasteiger partial charge in [-0.25, -0.2) is 14.6 Å². The number of fused-ring (bicyclic) bond motifs is 6. The fourth-order valence-corrected chi connectivity index (χ4v) is 12.7. The van der Waals surface area contributed by atoms with Crippen LogP contribution < -0.4 is 9.80 Å². The summed E-state index contributed by atoms with van der Waals surface area (Å²) in [7, 11) is -13.1. The van der Waals surface area contributed by atoms with E-state index in [4.69, 9.17) is 14.3 Å². The molecular formula is C52H63N4O14S4+. The second kappa shape index (κ2) is 21.1. The minimum atomic E-state index is -4.49. The number of carbonyl (C=O) groups is 1. The average Bonchev–Trinajstić information content (AvgIpc) is 3.92. The summed E-state index contributed by atoms with van der Waals surface area (Å²) in [6.45, 7) is 15.7. The van der Waals surface area contributed by atoms with Crippen LogP contribution in [0.3, 0.4) is 0 Å². The Labute approximate surface area is 437 Å². The Morgan fingerprint density at radius 3 is 1.66 bits per heavy atom. The van der Waals surface area contributed by atoms with E-state index in [-0.39, 0.29) is 43.5 Å². The summed E-state index contributed by atoms with van der Waals surface area (Å²) >= 11 is 0.857. The Bertz CT molecular complexity index is 3410. The maximum Gasteiger partial charge on any atom is 0.410 e.